The Morgan fingerprint density at radius 3 is 2.80 bits per heavy atom. The minimum Gasteiger partial charge on any atom is -0.383 e. The van der Waals surface area contributed by atoms with Crippen molar-refractivity contribution in [3.05, 3.63) is 17.1 Å². The van der Waals surface area contributed by atoms with Crippen molar-refractivity contribution in [2.75, 3.05) is 11.5 Å². The largest absolute Gasteiger partial charge is 0.383 e. The maximum Gasteiger partial charge on any atom is 0.150 e. The standard InChI is InChI=1S/C10H14N4S/c11-8-6-5-15-4-1-7(6)13-9(14-8)10(12)2-3-10/h1-5,12H2,(H2,11,13,14). The zero-order valence-corrected chi connectivity index (χ0v) is 9.31. The van der Waals surface area contributed by atoms with Crippen molar-refractivity contribution in [2.24, 2.45) is 5.73 Å². The number of nitrogens with two attached hydrogens (primary N) is 2. The van der Waals surface area contributed by atoms with E-state index < -0.39 is 0 Å². The molecule has 0 amide bonds. The molecule has 3 rings (SSSR count). The quantitative estimate of drug-likeness (QED) is 0.734. The highest BCUT2D eigenvalue weighted by Crippen LogP contribution is 2.42. The van der Waals surface area contributed by atoms with Crippen molar-refractivity contribution in [1.82, 2.24) is 9.97 Å². The average molecular weight is 222 g/mol. The summed E-state index contributed by atoms with van der Waals surface area (Å²) >= 11 is 1.89. The molecule has 1 aliphatic heterocycles. The second-order valence-corrected chi connectivity index (χ2v) is 5.42. The number of nitrogens with zero attached hydrogens (tertiary/aromatic N) is 2. The monoisotopic (exact) mass is 222 g/mol. The number of hydrogen-bond acceptors (Lipinski definition) is 5. The van der Waals surface area contributed by atoms with Gasteiger partial charge in [-0.05, 0) is 25.0 Å². The number of hydrogen-bond donors (Lipinski definition) is 2. The van der Waals surface area contributed by atoms with Crippen LogP contribution >= 0.6 is 11.8 Å². The van der Waals surface area contributed by atoms with Gasteiger partial charge in [0.25, 0.3) is 0 Å². The molecule has 0 aromatic carbocycles. The van der Waals surface area contributed by atoms with Gasteiger partial charge in [-0.3, -0.25) is 0 Å². The molecule has 0 radical (unpaired) electrons. The van der Waals surface area contributed by atoms with Gasteiger partial charge in [-0.15, -0.1) is 0 Å². The lowest BCUT2D eigenvalue weighted by atomic mass is 10.1. The van der Waals surface area contributed by atoms with E-state index >= 15 is 0 Å². The second-order valence-electron chi connectivity index (χ2n) is 4.32. The molecular formula is C10H14N4S. The summed E-state index contributed by atoms with van der Waals surface area (Å²) in [7, 11) is 0. The van der Waals surface area contributed by atoms with Crippen molar-refractivity contribution < 1.29 is 0 Å². The van der Waals surface area contributed by atoms with Gasteiger partial charge in [-0.2, -0.15) is 11.8 Å². The maximum absolute atomic E-state index is 6.08. The fourth-order valence-corrected chi connectivity index (χ4v) is 2.84. The van der Waals surface area contributed by atoms with Crippen LogP contribution in [-0.4, -0.2) is 15.7 Å². The highest BCUT2D eigenvalue weighted by molar-refractivity contribution is 7.98. The van der Waals surface area contributed by atoms with Crippen LogP contribution in [0.25, 0.3) is 0 Å². The Morgan fingerprint density at radius 1 is 1.27 bits per heavy atom. The topological polar surface area (TPSA) is 77.8 Å². The van der Waals surface area contributed by atoms with E-state index in [1.807, 2.05) is 11.8 Å². The van der Waals surface area contributed by atoms with E-state index in [1.165, 1.54) is 0 Å². The molecule has 0 unspecified atom stereocenters. The molecule has 1 aliphatic carbocycles. The van der Waals surface area contributed by atoms with Gasteiger partial charge < -0.3 is 11.5 Å². The summed E-state index contributed by atoms with van der Waals surface area (Å²) < 4.78 is 0. The first-order valence-corrected chi connectivity index (χ1v) is 6.37. The number of fused-ring (bicyclic) bond motifs is 1. The van der Waals surface area contributed by atoms with E-state index in [0.717, 1.165) is 47.8 Å². The Labute approximate surface area is 92.9 Å². The zero-order valence-electron chi connectivity index (χ0n) is 8.49. The molecule has 1 saturated carbocycles. The van der Waals surface area contributed by atoms with Crippen molar-refractivity contribution in [2.45, 2.75) is 30.6 Å². The van der Waals surface area contributed by atoms with E-state index in [0.29, 0.717) is 5.82 Å². The third kappa shape index (κ3) is 1.50. The van der Waals surface area contributed by atoms with Gasteiger partial charge in [0.2, 0.25) is 0 Å². The zero-order chi connectivity index (χ0) is 10.5. The van der Waals surface area contributed by atoms with Gasteiger partial charge >= 0.3 is 0 Å². The van der Waals surface area contributed by atoms with Gasteiger partial charge in [-0.1, -0.05) is 0 Å². The summed E-state index contributed by atoms with van der Waals surface area (Å²) in [5.74, 6) is 3.46. The van der Waals surface area contributed by atoms with E-state index in [2.05, 4.69) is 9.97 Å². The Morgan fingerprint density at radius 2 is 2.07 bits per heavy atom. The summed E-state index contributed by atoms with van der Waals surface area (Å²) in [5, 5.41) is 0. The molecular weight excluding hydrogens is 208 g/mol. The Bertz CT molecular complexity index is 414. The fourth-order valence-electron chi connectivity index (χ4n) is 1.84. The van der Waals surface area contributed by atoms with Gasteiger partial charge in [0.05, 0.1) is 11.2 Å². The molecule has 0 spiro atoms. The molecule has 2 heterocycles. The van der Waals surface area contributed by atoms with Crippen LogP contribution in [0.15, 0.2) is 0 Å². The third-order valence-corrected chi connectivity index (χ3v) is 4.07. The number of thioether (sulfide) groups is 1. The van der Waals surface area contributed by atoms with Crippen LogP contribution in [-0.2, 0) is 17.7 Å². The van der Waals surface area contributed by atoms with Crippen LogP contribution in [0.3, 0.4) is 0 Å². The maximum atomic E-state index is 6.08. The summed E-state index contributed by atoms with van der Waals surface area (Å²) in [5.41, 5.74) is 14.0. The lowest BCUT2D eigenvalue weighted by Gasteiger charge is -2.18. The smallest absolute Gasteiger partial charge is 0.150 e. The Balaban J connectivity index is 2.08. The lowest BCUT2D eigenvalue weighted by molar-refractivity contribution is 0.663. The first kappa shape index (κ1) is 9.42. The molecule has 2 aliphatic rings. The lowest BCUT2D eigenvalue weighted by Crippen LogP contribution is -2.25. The van der Waals surface area contributed by atoms with Crippen LogP contribution < -0.4 is 11.5 Å². The van der Waals surface area contributed by atoms with Crippen LogP contribution in [0.5, 0.6) is 0 Å². The highest BCUT2D eigenvalue weighted by Gasteiger charge is 2.43. The molecule has 5 heteroatoms. The molecule has 1 aromatic rings. The molecule has 15 heavy (non-hydrogen) atoms. The minimum atomic E-state index is -0.270. The molecule has 0 saturated heterocycles. The summed E-state index contributed by atoms with van der Waals surface area (Å²) in [6.07, 6.45) is 2.97. The van der Waals surface area contributed by atoms with Gasteiger partial charge in [0.15, 0.2) is 5.82 Å². The van der Waals surface area contributed by atoms with Crippen LogP contribution in [0.4, 0.5) is 5.82 Å². The van der Waals surface area contributed by atoms with Gasteiger partial charge in [-0.25, -0.2) is 9.97 Å². The normalized spacial score (nSPS) is 22.2. The van der Waals surface area contributed by atoms with E-state index in [-0.39, 0.29) is 5.54 Å². The minimum absolute atomic E-state index is 0.270. The predicted molar refractivity (Wildman–Crippen MR) is 61.4 cm³/mol. The number of rotatable bonds is 1. The molecule has 4 N–H and O–H groups in total. The summed E-state index contributed by atoms with van der Waals surface area (Å²) in [4.78, 5) is 8.93. The first-order chi connectivity index (χ1) is 7.19. The molecule has 1 fully saturated rings. The first-order valence-electron chi connectivity index (χ1n) is 5.21. The Kier molecular flexibility index (Phi) is 1.94. The number of anilines is 1. The molecule has 4 nitrogen and oxygen atoms in total. The summed E-state index contributed by atoms with van der Waals surface area (Å²) in [6, 6.07) is 0. The van der Waals surface area contributed by atoms with Crippen LogP contribution in [0.2, 0.25) is 0 Å². The van der Waals surface area contributed by atoms with E-state index in [4.69, 9.17) is 11.5 Å². The van der Waals surface area contributed by atoms with Gasteiger partial charge in [0.1, 0.15) is 5.82 Å². The van der Waals surface area contributed by atoms with Gasteiger partial charge in [0, 0.05) is 11.3 Å². The third-order valence-electron chi connectivity index (χ3n) is 3.09. The van der Waals surface area contributed by atoms with Crippen molar-refractivity contribution in [3.8, 4) is 0 Å². The number of aromatic nitrogens is 2. The highest BCUT2D eigenvalue weighted by atomic mass is 32.2. The number of aryl methyl sites for hydroxylation is 1. The van der Waals surface area contributed by atoms with Crippen LogP contribution in [0, 0.1) is 0 Å². The Hall–Kier alpha value is -0.810. The molecule has 0 atom stereocenters. The molecule has 0 bridgehead atoms. The van der Waals surface area contributed by atoms with E-state index in [9.17, 15) is 0 Å². The summed E-state index contributed by atoms with van der Waals surface area (Å²) in [6.45, 7) is 0. The predicted octanol–water partition coefficient (Wildman–Crippen LogP) is 0.796. The number of nitrogen functional groups attached to an aromatic ring is 1. The second kappa shape index (κ2) is 3.09. The van der Waals surface area contributed by atoms with Crippen molar-refractivity contribution in [1.29, 1.82) is 0 Å². The van der Waals surface area contributed by atoms with Crippen molar-refractivity contribution >= 4 is 17.6 Å². The van der Waals surface area contributed by atoms with E-state index in [1.54, 1.807) is 0 Å². The molecule has 80 valence electrons. The van der Waals surface area contributed by atoms with Crippen molar-refractivity contribution in [3.63, 3.8) is 0 Å². The SMILES string of the molecule is Nc1nc(C2(N)CC2)nc2c1CSCC2. The van der Waals surface area contributed by atoms with Crippen LogP contribution in [0.1, 0.15) is 29.9 Å². The average Bonchev–Trinajstić information content (AvgIpc) is 2.98. The fraction of sp³-hybridized carbons (Fsp3) is 0.600. The molecule has 1 aromatic heterocycles.